The molecule has 2 rings (SSSR count). The van der Waals surface area contributed by atoms with E-state index < -0.39 is 0 Å². The fourth-order valence-corrected chi connectivity index (χ4v) is 3.43. The standard InChI is InChI=1S/C26H33ClN2O2/c1-5-8-12-20(10-6-2)24-18-22(28-29-24)13-9-14-26(30)31-25(11-7-3)21-15-16-23(27)19(4)17-21/h5-6,8,10,12,15-18,25H,7,9,11,13-14H2,1-4H3,(H,28,29)/b8-5?,10-6-,20-12+. The fraction of sp³-hybridized carbons (Fsp3) is 0.385. The van der Waals surface area contributed by atoms with Gasteiger partial charge in [0.25, 0.3) is 0 Å². The van der Waals surface area contributed by atoms with Gasteiger partial charge in [-0.15, -0.1) is 0 Å². The molecule has 1 unspecified atom stereocenters. The van der Waals surface area contributed by atoms with Crippen LogP contribution in [-0.2, 0) is 16.0 Å². The number of H-pyrrole nitrogens is 1. The van der Waals surface area contributed by atoms with Gasteiger partial charge in [0.15, 0.2) is 0 Å². The quantitative estimate of drug-likeness (QED) is 0.294. The lowest BCUT2D eigenvalue weighted by molar-refractivity contribution is -0.150. The third-order valence-electron chi connectivity index (χ3n) is 4.95. The first-order valence-electron chi connectivity index (χ1n) is 10.9. The maximum atomic E-state index is 12.5. The number of aromatic nitrogens is 2. The summed E-state index contributed by atoms with van der Waals surface area (Å²) < 4.78 is 5.80. The van der Waals surface area contributed by atoms with Crippen molar-refractivity contribution in [2.24, 2.45) is 0 Å². The monoisotopic (exact) mass is 440 g/mol. The largest absolute Gasteiger partial charge is 0.457 e. The molecule has 4 nitrogen and oxygen atoms in total. The molecule has 1 atom stereocenters. The highest BCUT2D eigenvalue weighted by Crippen LogP contribution is 2.27. The van der Waals surface area contributed by atoms with Crippen LogP contribution in [0, 0.1) is 6.92 Å². The van der Waals surface area contributed by atoms with Gasteiger partial charge in [0.2, 0.25) is 0 Å². The van der Waals surface area contributed by atoms with Gasteiger partial charge in [-0.1, -0.05) is 67.5 Å². The average Bonchev–Trinajstić information content (AvgIpc) is 3.21. The Morgan fingerprint density at radius 1 is 1.26 bits per heavy atom. The summed E-state index contributed by atoms with van der Waals surface area (Å²) >= 11 is 6.13. The Hall–Kier alpha value is -2.59. The highest BCUT2D eigenvalue weighted by Gasteiger charge is 2.17. The van der Waals surface area contributed by atoms with Crippen LogP contribution in [0.4, 0.5) is 0 Å². The molecule has 5 heteroatoms. The summed E-state index contributed by atoms with van der Waals surface area (Å²) in [6, 6.07) is 7.85. The zero-order chi connectivity index (χ0) is 22.6. The van der Waals surface area contributed by atoms with Gasteiger partial charge in [0, 0.05) is 22.7 Å². The molecule has 0 spiro atoms. The predicted molar refractivity (Wildman–Crippen MR) is 129 cm³/mol. The van der Waals surface area contributed by atoms with E-state index in [-0.39, 0.29) is 12.1 Å². The first-order chi connectivity index (χ1) is 15.0. The van der Waals surface area contributed by atoms with Crippen molar-refractivity contribution in [2.75, 3.05) is 0 Å². The molecule has 0 amide bonds. The molecular weight excluding hydrogens is 408 g/mol. The van der Waals surface area contributed by atoms with Gasteiger partial charge >= 0.3 is 5.97 Å². The van der Waals surface area contributed by atoms with Gasteiger partial charge in [-0.2, -0.15) is 5.10 Å². The molecule has 1 aromatic heterocycles. The summed E-state index contributed by atoms with van der Waals surface area (Å²) in [4.78, 5) is 12.5. The summed E-state index contributed by atoms with van der Waals surface area (Å²) in [6.45, 7) is 8.02. The SMILES string of the molecule is CC=C/C=C(\C=C/C)c1cc(CCCC(=O)OC(CCC)c2ccc(Cl)c(C)c2)[nH]n1. The summed E-state index contributed by atoms with van der Waals surface area (Å²) in [5.41, 5.74) is 4.95. The molecule has 0 saturated carbocycles. The van der Waals surface area contributed by atoms with Crippen molar-refractivity contribution >= 4 is 23.1 Å². The molecule has 2 aromatic rings. The number of carbonyl (C=O) groups excluding carboxylic acids is 1. The Labute approximate surface area is 191 Å². The van der Waals surface area contributed by atoms with Crippen LogP contribution in [0.5, 0.6) is 0 Å². The molecule has 0 bridgehead atoms. The lowest BCUT2D eigenvalue weighted by atomic mass is 10.0. The highest BCUT2D eigenvalue weighted by molar-refractivity contribution is 6.31. The minimum absolute atomic E-state index is 0.173. The van der Waals surface area contributed by atoms with Crippen LogP contribution in [-0.4, -0.2) is 16.2 Å². The van der Waals surface area contributed by atoms with Crippen molar-refractivity contribution in [1.29, 1.82) is 0 Å². The van der Waals surface area contributed by atoms with E-state index in [1.807, 2.05) is 75.4 Å². The smallest absolute Gasteiger partial charge is 0.306 e. The molecule has 0 aliphatic heterocycles. The van der Waals surface area contributed by atoms with Crippen LogP contribution in [0.25, 0.3) is 5.57 Å². The second kappa shape index (κ2) is 13.0. The molecular formula is C26H33ClN2O2. The van der Waals surface area contributed by atoms with Crippen LogP contribution in [0.2, 0.25) is 5.02 Å². The van der Waals surface area contributed by atoms with Crippen molar-refractivity contribution in [3.63, 3.8) is 0 Å². The van der Waals surface area contributed by atoms with Crippen LogP contribution in [0.1, 0.15) is 75.1 Å². The number of ether oxygens (including phenoxy) is 1. The van der Waals surface area contributed by atoms with E-state index in [9.17, 15) is 4.79 Å². The third-order valence-corrected chi connectivity index (χ3v) is 5.37. The number of allylic oxidation sites excluding steroid dienone is 6. The fourth-order valence-electron chi connectivity index (χ4n) is 3.31. The third kappa shape index (κ3) is 7.87. The summed E-state index contributed by atoms with van der Waals surface area (Å²) in [6.07, 6.45) is 13.4. The van der Waals surface area contributed by atoms with E-state index in [0.717, 1.165) is 52.4 Å². The van der Waals surface area contributed by atoms with Gasteiger partial charge in [-0.05, 0) is 63.3 Å². The number of carbonyl (C=O) groups is 1. The Balaban J connectivity index is 1.92. The lowest BCUT2D eigenvalue weighted by Gasteiger charge is -2.18. The number of rotatable bonds is 11. The number of benzene rings is 1. The normalized spacial score (nSPS) is 13.3. The molecule has 0 saturated heterocycles. The second-order valence-electron chi connectivity index (χ2n) is 7.56. The number of hydrogen-bond donors (Lipinski definition) is 1. The van der Waals surface area contributed by atoms with Crippen LogP contribution in [0.3, 0.4) is 0 Å². The number of nitrogens with one attached hydrogen (secondary N) is 1. The number of nitrogens with zero attached hydrogens (tertiary/aromatic N) is 1. The minimum atomic E-state index is -0.229. The summed E-state index contributed by atoms with van der Waals surface area (Å²) in [5, 5.41) is 8.21. The summed E-state index contributed by atoms with van der Waals surface area (Å²) in [5.74, 6) is -0.173. The molecule has 1 heterocycles. The number of aromatic amines is 1. The maximum Gasteiger partial charge on any atom is 0.306 e. The van der Waals surface area contributed by atoms with Crippen LogP contribution >= 0.6 is 11.6 Å². The molecule has 1 aromatic carbocycles. The topological polar surface area (TPSA) is 55.0 Å². The van der Waals surface area contributed by atoms with E-state index in [1.165, 1.54) is 0 Å². The molecule has 1 N–H and O–H groups in total. The zero-order valence-electron chi connectivity index (χ0n) is 19.0. The first kappa shape index (κ1) is 24.7. The minimum Gasteiger partial charge on any atom is -0.457 e. The van der Waals surface area contributed by atoms with E-state index in [0.29, 0.717) is 12.8 Å². The number of hydrogen-bond acceptors (Lipinski definition) is 3. The number of esters is 1. The molecule has 0 aliphatic carbocycles. The van der Waals surface area contributed by atoms with Gasteiger partial charge in [0.1, 0.15) is 6.10 Å². The number of aryl methyl sites for hydroxylation is 2. The van der Waals surface area contributed by atoms with Gasteiger partial charge in [0.05, 0.1) is 5.69 Å². The van der Waals surface area contributed by atoms with E-state index in [4.69, 9.17) is 16.3 Å². The Bertz CT molecular complexity index is 941. The molecule has 0 aliphatic rings. The van der Waals surface area contributed by atoms with Crippen molar-refractivity contribution in [1.82, 2.24) is 10.2 Å². The zero-order valence-corrected chi connectivity index (χ0v) is 19.7. The van der Waals surface area contributed by atoms with Crippen molar-refractivity contribution < 1.29 is 9.53 Å². The van der Waals surface area contributed by atoms with Crippen molar-refractivity contribution in [3.05, 3.63) is 82.2 Å². The summed E-state index contributed by atoms with van der Waals surface area (Å²) in [7, 11) is 0. The van der Waals surface area contributed by atoms with E-state index >= 15 is 0 Å². The average molecular weight is 441 g/mol. The number of halogens is 1. The van der Waals surface area contributed by atoms with Gasteiger partial charge in [-0.25, -0.2) is 0 Å². The molecule has 0 fully saturated rings. The molecule has 31 heavy (non-hydrogen) atoms. The molecule has 0 radical (unpaired) electrons. The van der Waals surface area contributed by atoms with Gasteiger partial charge in [-0.3, -0.25) is 9.89 Å². The maximum absolute atomic E-state index is 12.5. The molecule has 166 valence electrons. The van der Waals surface area contributed by atoms with Crippen LogP contribution in [0.15, 0.2) is 54.6 Å². The van der Waals surface area contributed by atoms with Crippen LogP contribution < -0.4 is 0 Å². The van der Waals surface area contributed by atoms with Crippen molar-refractivity contribution in [3.8, 4) is 0 Å². The first-order valence-corrected chi connectivity index (χ1v) is 11.3. The van der Waals surface area contributed by atoms with E-state index in [2.05, 4.69) is 17.1 Å². The second-order valence-corrected chi connectivity index (χ2v) is 7.96. The Kier molecular flexibility index (Phi) is 10.3. The Morgan fingerprint density at radius 3 is 2.74 bits per heavy atom. The lowest BCUT2D eigenvalue weighted by Crippen LogP contribution is -2.12. The van der Waals surface area contributed by atoms with E-state index in [1.54, 1.807) is 0 Å². The highest BCUT2D eigenvalue weighted by atomic mass is 35.5. The van der Waals surface area contributed by atoms with Gasteiger partial charge < -0.3 is 4.74 Å². The Morgan fingerprint density at radius 2 is 2.06 bits per heavy atom. The van der Waals surface area contributed by atoms with Crippen molar-refractivity contribution in [2.45, 2.75) is 65.9 Å². The predicted octanol–water partition coefficient (Wildman–Crippen LogP) is 7.31.